The molecule has 2 aliphatic heterocycles. The number of likely N-dealkylation sites (N-methyl/N-ethyl adjacent to an activating group) is 1. The number of rotatable bonds is 6. The Morgan fingerprint density at radius 3 is 2.44 bits per heavy atom. The molecule has 1 spiro atoms. The summed E-state index contributed by atoms with van der Waals surface area (Å²) in [5.41, 5.74) is 0.247. The molecule has 0 aromatic rings. The van der Waals surface area contributed by atoms with Crippen LogP contribution in [0, 0.1) is 11.3 Å². The highest BCUT2D eigenvalue weighted by Crippen LogP contribution is 2.45. The van der Waals surface area contributed by atoms with Crippen LogP contribution in [0.5, 0.6) is 0 Å². The van der Waals surface area contributed by atoms with Crippen molar-refractivity contribution in [3.63, 3.8) is 0 Å². The minimum Gasteiger partial charge on any atom is -0.353 e. The van der Waals surface area contributed by atoms with Crippen LogP contribution < -0.4 is 5.32 Å². The first kappa shape index (κ1) is 20.6. The van der Waals surface area contributed by atoms with E-state index in [-0.39, 0.29) is 17.2 Å². The Labute approximate surface area is 164 Å². The van der Waals surface area contributed by atoms with Crippen LogP contribution >= 0.6 is 0 Å². The van der Waals surface area contributed by atoms with Gasteiger partial charge in [0.05, 0.1) is 0 Å². The molecule has 6 heteroatoms. The number of carbonyl (C=O) groups excluding carboxylic acids is 2. The van der Waals surface area contributed by atoms with Crippen molar-refractivity contribution in [2.45, 2.75) is 58.9 Å². The number of nitrogens with one attached hydrogen (secondary N) is 1. The molecule has 0 radical (unpaired) electrons. The van der Waals surface area contributed by atoms with E-state index in [1.807, 2.05) is 13.8 Å². The molecule has 6 nitrogen and oxygen atoms in total. The Hall–Kier alpha value is -1.14. The summed E-state index contributed by atoms with van der Waals surface area (Å²) in [6.07, 6.45) is 4.98. The average molecular weight is 379 g/mol. The van der Waals surface area contributed by atoms with Gasteiger partial charge in [-0.2, -0.15) is 0 Å². The Morgan fingerprint density at radius 2 is 1.78 bits per heavy atom. The van der Waals surface area contributed by atoms with E-state index in [1.165, 1.54) is 0 Å². The monoisotopic (exact) mass is 378 g/mol. The minimum absolute atomic E-state index is 0.0439. The lowest BCUT2D eigenvalue weighted by Gasteiger charge is -2.34. The van der Waals surface area contributed by atoms with Gasteiger partial charge in [0.25, 0.3) is 0 Å². The zero-order valence-electron chi connectivity index (χ0n) is 17.5. The van der Waals surface area contributed by atoms with E-state index in [2.05, 4.69) is 26.9 Å². The predicted octanol–water partition coefficient (Wildman–Crippen LogP) is 1.56. The number of likely N-dealkylation sites (tertiary alicyclic amines) is 1. The first-order valence-electron chi connectivity index (χ1n) is 10.9. The van der Waals surface area contributed by atoms with Crippen molar-refractivity contribution in [2.24, 2.45) is 11.3 Å². The normalized spacial score (nSPS) is 29.8. The second kappa shape index (κ2) is 8.91. The smallest absolute Gasteiger partial charge is 0.223 e. The molecule has 1 saturated carbocycles. The largest absolute Gasteiger partial charge is 0.353 e. The standard InChI is InChI=1S/C21H38N4O2/c1-4-23-11-13-24(14-12-23)9-6-19(26)25-10-8-21(16-25)7-5-18(15-21)22-20(27)17(2)3/h17-18H,4-16H2,1-3H3,(H,22,27)/t18-,21?/m0/s1. The fourth-order valence-corrected chi connectivity index (χ4v) is 4.96. The van der Waals surface area contributed by atoms with Gasteiger partial charge in [-0.15, -0.1) is 0 Å². The van der Waals surface area contributed by atoms with Gasteiger partial charge < -0.3 is 20.0 Å². The summed E-state index contributed by atoms with van der Waals surface area (Å²) < 4.78 is 0. The molecule has 3 rings (SSSR count). The molecule has 1 aliphatic carbocycles. The molecule has 2 heterocycles. The predicted molar refractivity (Wildman–Crippen MR) is 107 cm³/mol. The van der Waals surface area contributed by atoms with Gasteiger partial charge in [0.1, 0.15) is 0 Å². The third-order valence-corrected chi connectivity index (χ3v) is 6.92. The van der Waals surface area contributed by atoms with Gasteiger partial charge in [-0.1, -0.05) is 20.8 Å². The molecular weight excluding hydrogens is 340 g/mol. The van der Waals surface area contributed by atoms with Gasteiger partial charge >= 0.3 is 0 Å². The van der Waals surface area contributed by atoms with E-state index >= 15 is 0 Å². The SMILES string of the molecule is CCN1CCN(CCC(=O)N2CCC3(CC[C@H](NC(=O)C(C)C)C3)C2)CC1. The van der Waals surface area contributed by atoms with E-state index in [0.29, 0.717) is 18.4 Å². The molecule has 1 unspecified atom stereocenters. The number of piperazine rings is 1. The van der Waals surface area contributed by atoms with Crippen LogP contribution in [0.25, 0.3) is 0 Å². The summed E-state index contributed by atoms with van der Waals surface area (Å²) in [6, 6.07) is 0.296. The number of nitrogens with zero attached hydrogens (tertiary/aromatic N) is 3. The third kappa shape index (κ3) is 5.23. The Kier molecular flexibility index (Phi) is 6.79. The molecule has 2 saturated heterocycles. The van der Waals surface area contributed by atoms with Crippen LogP contribution in [0.15, 0.2) is 0 Å². The van der Waals surface area contributed by atoms with Crippen LogP contribution in [-0.2, 0) is 9.59 Å². The summed E-state index contributed by atoms with van der Waals surface area (Å²) in [5, 5.41) is 3.20. The van der Waals surface area contributed by atoms with E-state index in [0.717, 1.165) is 78.0 Å². The highest BCUT2D eigenvalue weighted by atomic mass is 16.2. The van der Waals surface area contributed by atoms with Gasteiger partial charge in [0.15, 0.2) is 0 Å². The highest BCUT2D eigenvalue weighted by molar-refractivity contribution is 5.78. The van der Waals surface area contributed by atoms with Crippen molar-refractivity contribution in [3.05, 3.63) is 0 Å². The van der Waals surface area contributed by atoms with E-state index in [9.17, 15) is 9.59 Å². The van der Waals surface area contributed by atoms with Gasteiger partial charge in [-0.25, -0.2) is 0 Å². The lowest BCUT2D eigenvalue weighted by Crippen LogP contribution is -2.47. The van der Waals surface area contributed by atoms with Crippen LogP contribution in [0.1, 0.15) is 52.9 Å². The molecule has 27 heavy (non-hydrogen) atoms. The molecule has 2 amide bonds. The topological polar surface area (TPSA) is 55.9 Å². The summed E-state index contributed by atoms with van der Waals surface area (Å²) in [5.74, 6) is 0.521. The molecule has 1 N–H and O–H groups in total. The molecule has 3 aliphatic rings. The lowest BCUT2D eigenvalue weighted by atomic mass is 9.85. The molecule has 154 valence electrons. The third-order valence-electron chi connectivity index (χ3n) is 6.92. The van der Waals surface area contributed by atoms with Crippen LogP contribution in [0.4, 0.5) is 0 Å². The highest BCUT2D eigenvalue weighted by Gasteiger charge is 2.45. The molecule has 0 bridgehead atoms. The van der Waals surface area contributed by atoms with Crippen molar-refractivity contribution in [1.82, 2.24) is 20.0 Å². The van der Waals surface area contributed by atoms with Crippen molar-refractivity contribution in [3.8, 4) is 0 Å². The Morgan fingerprint density at radius 1 is 1.07 bits per heavy atom. The molecular formula is C21H38N4O2. The van der Waals surface area contributed by atoms with Crippen molar-refractivity contribution in [2.75, 3.05) is 52.4 Å². The fraction of sp³-hybridized carbons (Fsp3) is 0.905. The van der Waals surface area contributed by atoms with Crippen LogP contribution in [0.2, 0.25) is 0 Å². The lowest BCUT2D eigenvalue weighted by molar-refractivity contribution is -0.131. The number of hydrogen-bond donors (Lipinski definition) is 1. The van der Waals surface area contributed by atoms with Gasteiger partial charge in [-0.3, -0.25) is 9.59 Å². The van der Waals surface area contributed by atoms with E-state index in [4.69, 9.17) is 0 Å². The van der Waals surface area contributed by atoms with E-state index < -0.39 is 0 Å². The minimum atomic E-state index is 0.0439. The number of carbonyl (C=O) groups is 2. The molecule has 0 aromatic carbocycles. The zero-order valence-corrected chi connectivity index (χ0v) is 17.5. The van der Waals surface area contributed by atoms with Crippen molar-refractivity contribution in [1.29, 1.82) is 0 Å². The summed E-state index contributed by atoms with van der Waals surface area (Å²) >= 11 is 0. The molecule has 0 aromatic heterocycles. The van der Waals surface area contributed by atoms with Crippen LogP contribution in [-0.4, -0.2) is 84.9 Å². The maximum absolute atomic E-state index is 12.7. The summed E-state index contributed by atoms with van der Waals surface area (Å²) in [4.78, 5) is 31.7. The first-order valence-corrected chi connectivity index (χ1v) is 10.9. The molecule has 3 fully saturated rings. The first-order chi connectivity index (χ1) is 12.9. The average Bonchev–Trinajstić information content (AvgIpc) is 3.26. The number of hydrogen-bond acceptors (Lipinski definition) is 4. The van der Waals surface area contributed by atoms with Crippen molar-refractivity contribution < 1.29 is 9.59 Å². The Balaban J connectivity index is 1.40. The fourth-order valence-electron chi connectivity index (χ4n) is 4.96. The van der Waals surface area contributed by atoms with Gasteiger partial charge in [0.2, 0.25) is 11.8 Å². The van der Waals surface area contributed by atoms with Gasteiger partial charge in [-0.05, 0) is 37.6 Å². The van der Waals surface area contributed by atoms with Crippen molar-refractivity contribution >= 4 is 11.8 Å². The maximum Gasteiger partial charge on any atom is 0.223 e. The second-order valence-corrected chi connectivity index (χ2v) is 9.19. The quantitative estimate of drug-likeness (QED) is 0.762. The van der Waals surface area contributed by atoms with Crippen LogP contribution in [0.3, 0.4) is 0 Å². The van der Waals surface area contributed by atoms with E-state index in [1.54, 1.807) is 0 Å². The summed E-state index contributed by atoms with van der Waals surface area (Å²) in [6.45, 7) is 14.3. The maximum atomic E-state index is 12.7. The number of amides is 2. The zero-order chi connectivity index (χ0) is 19.4. The summed E-state index contributed by atoms with van der Waals surface area (Å²) in [7, 11) is 0. The Bertz CT molecular complexity index is 530. The van der Waals surface area contributed by atoms with Gasteiger partial charge in [0, 0.05) is 64.2 Å². The second-order valence-electron chi connectivity index (χ2n) is 9.19. The molecule has 2 atom stereocenters.